The lowest BCUT2D eigenvalue weighted by Gasteiger charge is -2.12. The molecule has 0 aromatic carbocycles. The number of carbonyl (C=O) groups is 2. The molecule has 1 unspecified atom stereocenters. The number of aliphatic hydroxyl groups excluding tert-OH is 1. The van der Waals surface area contributed by atoms with E-state index in [9.17, 15) is 14.7 Å². The summed E-state index contributed by atoms with van der Waals surface area (Å²) in [6, 6.07) is 1.51. The van der Waals surface area contributed by atoms with Crippen LogP contribution in [0.4, 0.5) is 5.69 Å². The van der Waals surface area contributed by atoms with Crippen molar-refractivity contribution in [2.24, 2.45) is 5.73 Å². The predicted octanol–water partition coefficient (Wildman–Crippen LogP) is -0.654. The van der Waals surface area contributed by atoms with Gasteiger partial charge in [0.05, 0.1) is 5.69 Å². The van der Waals surface area contributed by atoms with Crippen LogP contribution in [0.2, 0.25) is 0 Å². The van der Waals surface area contributed by atoms with Crippen molar-refractivity contribution in [1.82, 2.24) is 4.98 Å². The topological polar surface area (TPSA) is 126 Å². The van der Waals surface area contributed by atoms with Gasteiger partial charge < -0.3 is 21.3 Å². The van der Waals surface area contributed by atoms with Gasteiger partial charge in [-0.1, -0.05) is 0 Å². The highest BCUT2D eigenvalue weighted by Crippen LogP contribution is 2.15. The zero-order valence-corrected chi connectivity index (χ0v) is 9.17. The Kier molecular flexibility index (Phi) is 4.00. The Balaban J connectivity index is 2.85. The number of amides is 1. The highest BCUT2D eigenvalue weighted by molar-refractivity contribution is 5.94. The lowest BCUT2D eigenvalue weighted by atomic mass is 10.2. The summed E-state index contributed by atoms with van der Waals surface area (Å²) in [6.07, 6.45) is -0.165. The molecule has 7 nitrogen and oxygen atoms in total. The molecule has 0 aliphatic heterocycles. The average Bonchev–Trinajstić information content (AvgIpc) is 2.25. The summed E-state index contributed by atoms with van der Waals surface area (Å²) < 4.78 is 0. The standard InChI is InChI=1S/C10H13N3O4/c1-5-2-7(6(3-12-5)10(16)17)13-4-8(14)9(11)15/h2-3,8,14H,4H2,1H3,(H2,11,15)(H,12,13)(H,16,17). The molecule has 1 atom stereocenters. The minimum Gasteiger partial charge on any atom is -0.478 e. The number of hydrogen-bond donors (Lipinski definition) is 4. The van der Waals surface area contributed by atoms with Crippen LogP contribution in [-0.4, -0.2) is 39.7 Å². The molecule has 0 fully saturated rings. The number of hydrogen-bond acceptors (Lipinski definition) is 5. The van der Waals surface area contributed by atoms with Crippen LogP contribution >= 0.6 is 0 Å². The Morgan fingerprint density at radius 2 is 2.24 bits per heavy atom. The molecule has 0 saturated carbocycles. The van der Waals surface area contributed by atoms with Crippen molar-refractivity contribution in [2.75, 3.05) is 11.9 Å². The second-order valence-corrected chi connectivity index (χ2v) is 3.48. The fraction of sp³-hybridized carbons (Fsp3) is 0.300. The van der Waals surface area contributed by atoms with Gasteiger partial charge in [0.2, 0.25) is 5.91 Å². The number of aromatic carboxylic acids is 1. The SMILES string of the molecule is Cc1cc(NCC(O)C(N)=O)c(C(=O)O)cn1. The summed E-state index contributed by atoms with van der Waals surface area (Å²) in [5.41, 5.74) is 5.73. The minimum absolute atomic E-state index is 0.0349. The number of carboxylic acids is 1. The molecule has 1 heterocycles. The van der Waals surface area contributed by atoms with Crippen LogP contribution in [0, 0.1) is 6.92 Å². The summed E-state index contributed by atoms with van der Waals surface area (Å²) >= 11 is 0. The number of aliphatic hydroxyl groups is 1. The number of aryl methyl sites for hydroxylation is 1. The Bertz CT molecular complexity index is 447. The van der Waals surface area contributed by atoms with E-state index in [0.717, 1.165) is 0 Å². The Morgan fingerprint density at radius 3 is 2.76 bits per heavy atom. The van der Waals surface area contributed by atoms with Gasteiger partial charge in [-0.3, -0.25) is 9.78 Å². The van der Waals surface area contributed by atoms with Crippen LogP contribution in [-0.2, 0) is 4.79 Å². The highest BCUT2D eigenvalue weighted by Gasteiger charge is 2.14. The van der Waals surface area contributed by atoms with Gasteiger partial charge >= 0.3 is 5.97 Å². The van der Waals surface area contributed by atoms with Crippen LogP contribution in [0.1, 0.15) is 16.1 Å². The smallest absolute Gasteiger partial charge is 0.339 e. The zero-order valence-electron chi connectivity index (χ0n) is 9.17. The summed E-state index contributed by atoms with van der Waals surface area (Å²) in [6.45, 7) is 1.54. The molecule has 1 aromatic rings. The summed E-state index contributed by atoms with van der Waals surface area (Å²) in [5.74, 6) is -2.02. The van der Waals surface area contributed by atoms with Gasteiger partial charge in [0, 0.05) is 18.4 Å². The summed E-state index contributed by atoms with van der Waals surface area (Å²) in [5, 5.41) is 20.7. The molecular weight excluding hydrogens is 226 g/mol. The lowest BCUT2D eigenvalue weighted by molar-refractivity contribution is -0.125. The molecule has 0 radical (unpaired) electrons. The number of pyridine rings is 1. The number of nitrogens with one attached hydrogen (secondary N) is 1. The first-order chi connectivity index (χ1) is 7.91. The predicted molar refractivity (Wildman–Crippen MR) is 59.6 cm³/mol. The van der Waals surface area contributed by atoms with Gasteiger partial charge in [-0.2, -0.15) is 0 Å². The Labute approximate surface area is 97.3 Å². The maximum atomic E-state index is 10.9. The number of anilines is 1. The number of carboxylic acid groups (broad SMARTS) is 1. The molecule has 5 N–H and O–H groups in total. The third-order valence-corrected chi connectivity index (χ3v) is 2.09. The van der Waals surface area contributed by atoms with E-state index < -0.39 is 18.0 Å². The number of nitrogens with two attached hydrogens (primary N) is 1. The number of aromatic nitrogens is 1. The van der Waals surface area contributed by atoms with Crippen LogP contribution in [0.25, 0.3) is 0 Å². The number of rotatable bonds is 5. The quantitative estimate of drug-likeness (QED) is 0.540. The molecule has 0 spiro atoms. The normalized spacial score (nSPS) is 11.9. The molecular formula is C10H13N3O4. The van der Waals surface area contributed by atoms with Gasteiger partial charge in [0.1, 0.15) is 11.7 Å². The Morgan fingerprint density at radius 1 is 1.59 bits per heavy atom. The maximum absolute atomic E-state index is 10.9. The lowest BCUT2D eigenvalue weighted by Crippen LogP contribution is -2.34. The largest absolute Gasteiger partial charge is 0.478 e. The molecule has 92 valence electrons. The summed E-state index contributed by atoms with van der Waals surface area (Å²) in [4.78, 5) is 25.3. The Hall–Kier alpha value is -2.15. The zero-order chi connectivity index (χ0) is 13.0. The van der Waals surface area contributed by atoms with E-state index in [4.69, 9.17) is 10.8 Å². The van der Waals surface area contributed by atoms with E-state index in [-0.39, 0.29) is 17.8 Å². The van der Waals surface area contributed by atoms with Crippen molar-refractivity contribution < 1.29 is 19.8 Å². The van der Waals surface area contributed by atoms with E-state index in [2.05, 4.69) is 10.3 Å². The van der Waals surface area contributed by atoms with Gasteiger partial charge in [-0.15, -0.1) is 0 Å². The van der Waals surface area contributed by atoms with Gasteiger partial charge in [0.25, 0.3) is 0 Å². The van der Waals surface area contributed by atoms with E-state index >= 15 is 0 Å². The van der Waals surface area contributed by atoms with Gasteiger partial charge in [-0.05, 0) is 13.0 Å². The van der Waals surface area contributed by atoms with Crippen LogP contribution in [0.15, 0.2) is 12.3 Å². The van der Waals surface area contributed by atoms with Crippen molar-refractivity contribution in [2.45, 2.75) is 13.0 Å². The van der Waals surface area contributed by atoms with Gasteiger partial charge in [-0.25, -0.2) is 4.79 Å². The molecule has 0 aliphatic rings. The molecule has 1 rings (SSSR count). The van der Waals surface area contributed by atoms with Crippen LogP contribution < -0.4 is 11.1 Å². The van der Waals surface area contributed by atoms with Crippen molar-refractivity contribution in [3.8, 4) is 0 Å². The molecule has 7 heteroatoms. The van der Waals surface area contributed by atoms with E-state index in [1.165, 1.54) is 12.3 Å². The number of nitrogens with zero attached hydrogens (tertiary/aromatic N) is 1. The van der Waals surface area contributed by atoms with Crippen molar-refractivity contribution in [3.05, 3.63) is 23.5 Å². The second kappa shape index (κ2) is 5.26. The molecule has 1 aromatic heterocycles. The minimum atomic E-state index is -1.37. The molecule has 17 heavy (non-hydrogen) atoms. The molecule has 1 amide bonds. The first-order valence-electron chi connectivity index (χ1n) is 4.83. The fourth-order valence-electron chi connectivity index (χ4n) is 1.18. The molecule has 0 aliphatic carbocycles. The monoisotopic (exact) mass is 239 g/mol. The van der Waals surface area contributed by atoms with Gasteiger partial charge in [0.15, 0.2) is 0 Å². The van der Waals surface area contributed by atoms with Crippen LogP contribution in [0.3, 0.4) is 0 Å². The third-order valence-electron chi connectivity index (χ3n) is 2.09. The summed E-state index contributed by atoms with van der Waals surface area (Å²) in [7, 11) is 0. The number of primary amides is 1. The second-order valence-electron chi connectivity index (χ2n) is 3.48. The number of carbonyl (C=O) groups excluding carboxylic acids is 1. The highest BCUT2D eigenvalue weighted by atomic mass is 16.4. The van der Waals surface area contributed by atoms with Crippen LogP contribution in [0.5, 0.6) is 0 Å². The van der Waals surface area contributed by atoms with E-state index in [0.29, 0.717) is 5.69 Å². The van der Waals surface area contributed by atoms with Crippen molar-refractivity contribution in [3.63, 3.8) is 0 Å². The van der Waals surface area contributed by atoms with Crippen molar-refractivity contribution >= 4 is 17.6 Å². The average molecular weight is 239 g/mol. The molecule has 0 bridgehead atoms. The van der Waals surface area contributed by atoms with E-state index in [1.54, 1.807) is 6.92 Å². The first kappa shape index (κ1) is 12.9. The van der Waals surface area contributed by atoms with Crippen molar-refractivity contribution in [1.29, 1.82) is 0 Å². The third kappa shape index (κ3) is 3.42. The maximum Gasteiger partial charge on any atom is 0.339 e. The van der Waals surface area contributed by atoms with E-state index in [1.807, 2.05) is 0 Å². The molecule has 0 saturated heterocycles. The fourth-order valence-corrected chi connectivity index (χ4v) is 1.18. The first-order valence-corrected chi connectivity index (χ1v) is 4.83.